The quantitative estimate of drug-likeness (QED) is 0.491. The topological polar surface area (TPSA) is 89.1 Å². The van der Waals surface area contributed by atoms with Crippen molar-refractivity contribution in [3.63, 3.8) is 0 Å². The van der Waals surface area contributed by atoms with E-state index in [1.807, 2.05) is 25.1 Å². The van der Waals surface area contributed by atoms with E-state index < -0.39 is 4.92 Å². The molecule has 0 fully saturated rings. The third-order valence-electron chi connectivity index (χ3n) is 2.58. The van der Waals surface area contributed by atoms with E-state index in [-0.39, 0.29) is 5.69 Å². The molecule has 0 spiro atoms. The maximum absolute atomic E-state index is 10.5. The Kier molecular flexibility index (Phi) is 4.81. The molecule has 7 heteroatoms. The summed E-state index contributed by atoms with van der Waals surface area (Å²) in [4.78, 5) is 10.1. The molecule has 7 nitrogen and oxygen atoms in total. The Morgan fingerprint density at radius 2 is 1.90 bits per heavy atom. The van der Waals surface area contributed by atoms with Crippen molar-refractivity contribution in [3.05, 3.63) is 58.6 Å². The molecule has 0 saturated heterocycles. The summed E-state index contributed by atoms with van der Waals surface area (Å²) in [5.41, 5.74) is 3.95. The van der Waals surface area contributed by atoms with Gasteiger partial charge in [0.25, 0.3) is 5.69 Å². The minimum absolute atomic E-state index is 0.0270. The van der Waals surface area contributed by atoms with Crippen LogP contribution in [0.25, 0.3) is 0 Å². The lowest BCUT2D eigenvalue weighted by atomic mass is 10.3. The van der Waals surface area contributed by atoms with E-state index in [0.717, 1.165) is 0 Å². The predicted molar refractivity (Wildman–Crippen MR) is 78.8 cm³/mol. The van der Waals surface area contributed by atoms with Crippen molar-refractivity contribution in [2.45, 2.75) is 6.92 Å². The van der Waals surface area contributed by atoms with Crippen LogP contribution in [0.3, 0.4) is 0 Å². The molecule has 0 heterocycles. The first-order chi connectivity index (χ1) is 10.2. The van der Waals surface area contributed by atoms with Crippen LogP contribution in [-0.4, -0.2) is 11.5 Å². The predicted octanol–water partition coefficient (Wildman–Crippen LogP) is 4.10. The third kappa shape index (κ3) is 4.00. The number of nitrogens with one attached hydrogen (secondary N) is 1. The molecule has 0 aliphatic rings. The van der Waals surface area contributed by atoms with Gasteiger partial charge in [0.05, 0.1) is 17.2 Å². The van der Waals surface area contributed by atoms with Gasteiger partial charge in [-0.25, -0.2) is 0 Å². The van der Waals surface area contributed by atoms with E-state index in [1.165, 1.54) is 12.1 Å². The Balaban J connectivity index is 2.03. The lowest BCUT2D eigenvalue weighted by Crippen LogP contribution is -1.92. The number of benzene rings is 2. The molecular weight excluding hydrogens is 272 g/mol. The maximum Gasteiger partial charge on any atom is 0.269 e. The van der Waals surface area contributed by atoms with Crippen LogP contribution >= 0.6 is 0 Å². The number of nitro groups is 1. The lowest BCUT2D eigenvalue weighted by molar-refractivity contribution is -0.384. The van der Waals surface area contributed by atoms with E-state index in [2.05, 4.69) is 15.8 Å². The Morgan fingerprint density at radius 1 is 1.19 bits per heavy atom. The van der Waals surface area contributed by atoms with Crippen molar-refractivity contribution >= 4 is 17.1 Å². The molecule has 0 radical (unpaired) electrons. The highest BCUT2D eigenvalue weighted by atomic mass is 16.6. The fourth-order valence-electron chi connectivity index (χ4n) is 1.61. The largest absolute Gasteiger partial charge is 0.492 e. The molecule has 2 aromatic rings. The van der Waals surface area contributed by atoms with Crippen molar-refractivity contribution in [1.82, 2.24) is 0 Å². The number of anilines is 1. The Morgan fingerprint density at radius 3 is 2.57 bits per heavy atom. The van der Waals surface area contributed by atoms with Gasteiger partial charge in [-0.3, -0.25) is 15.5 Å². The van der Waals surface area contributed by atoms with Crippen molar-refractivity contribution in [1.29, 1.82) is 0 Å². The standard InChI is InChI=1S/C14H14N4O3/c1-2-21-14-6-4-3-5-13(14)16-17-15-11-7-9-12(10-8-11)18(19)20/h3-10H,2H2,1H3,(H,15,16). The van der Waals surface area contributed by atoms with Crippen LogP contribution in [0.4, 0.5) is 17.1 Å². The molecular formula is C14H14N4O3. The Labute approximate surface area is 121 Å². The number of rotatable bonds is 6. The first kappa shape index (κ1) is 14.4. The van der Waals surface area contributed by atoms with Crippen molar-refractivity contribution in [2.75, 3.05) is 12.0 Å². The zero-order valence-corrected chi connectivity index (χ0v) is 11.4. The summed E-state index contributed by atoms with van der Waals surface area (Å²) in [6.45, 7) is 2.44. The summed E-state index contributed by atoms with van der Waals surface area (Å²) >= 11 is 0. The second-order valence-electron chi connectivity index (χ2n) is 4.02. The highest BCUT2D eigenvalue weighted by Gasteiger charge is 2.03. The maximum atomic E-state index is 10.5. The Hall–Kier alpha value is -2.96. The van der Waals surface area contributed by atoms with Gasteiger partial charge in [-0.1, -0.05) is 17.4 Å². The smallest absolute Gasteiger partial charge is 0.269 e. The van der Waals surface area contributed by atoms with E-state index in [9.17, 15) is 10.1 Å². The minimum Gasteiger partial charge on any atom is -0.492 e. The molecule has 0 bridgehead atoms. The van der Waals surface area contributed by atoms with Gasteiger partial charge in [0.1, 0.15) is 11.4 Å². The molecule has 1 N–H and O–H groups in total. The summed E-state index contributed by atoms with van der Waals surface area (Å²) in [5, 5.41) is 18.4. The molecule has 0 aliphatic carbocycles. The molecule has 2 rings (SSSR count). The van der Waals surface area contributed by atoms with Gasteiger partial charge >= 0.3 is 0 Å². The van der Waals surface area contributed by atoms with Crippen molar-refractivity contribution in [2.24, 2.45) is 10.3 Å². The summed E-state index contributed by atoms with van der Waals surface area (Å²) in [6, 6.07) is 13.2. The minimum atomic E-state index is -0.455. The monoisotopic (exact) mass is 286 g/mol. The molecule has 0 aromatic heterocycles. The van der Waals surface area contributed by atoms with Crippen LogP contribution in [0.15, 0.2) is 58.9 Å². The fourth-order valence-corrected chi connectivity index (χ4v) is 1.61. The highest BCUT2D eigenvalue weighted by molar-refractivity contribution is 5.51. The van der Waals surface area contributed by atoms with E-state index in [1.54, 1.807) is 18.2 Å². The van der Waals surface area contributed by atoms with Gasteiger partial charge in [-0.15, -0.1) is 5.11 Å². The van der Waals surface area contributed by atoms with Crippen LogP contribution in [0.5, 0.6) is 5.75 Å². The van der Waals surface area contributed by atoms with Crippen LogP contribution in [0.1, 0.15) is 6.92 Å². The van der Waals surface area contributed by atoms with Crippen molar-refractivity contribution in [3.8, 4) is 5.75 Å². The molecule has 0 atom stereocenters. The molecule has 0 aliphatic heterocycles. The van der Waals surface area contributed by atoms with Gasteiger partial charge < -0.3 is 4.74 Å². The average Bonchev–Trinajstić information content (AvgIpc) is 2.50. The number of hydrogen-bond donors (Lipinski definition) is 1. The molecule has 0 unspecified atom stereocenters. The van der Waals surface area contributed by atoms with Crippen LogP contribution in [-0.2, 0) is 0 Å². The van der Waals surface area contributed by atoms with Gasteiger partial charge in [0.15, 0.2) is 0 Å². The van der Waals surface area contributed by atoms with Crippen LogP contribution < -0.4 is 10.2 Å². The zero-order chi connectivity index (χ0) is 15.1. The average molecular weight is 286 g/mol. The van der Waals surface area contributed by atoms with Gasteiger partial charge in [-0.05, 0) is 31.2 Å². The number of nitrogens with zero attached hydrogens (tertiary/aromatic N) is 3. The first-order valence-electron chi connectivity index (χ1n) is 6.33. The second kappa shape index (κ2) is 6.99. The second-order valence-corrected chi connectivity index (χ2v) is 4.02. The molecule has 21 heavy (non-hydrogen) atoms. The highest BCUT2D eigenvalue weighted by Crippen LogP contribution is 2.27. The molecule has 0 amide bonds. The van der Waals surface area contributed by atoms with E-state index in [0.29, 0.717) is 23.7 Å². The van der Waals surface area contributed by atoms with Crippen molar-refractivity contribution < 1.29 is 9.66 Å². The molecule has 108 valence electrons. The summed E-state index contributed by atoms with van der Waals surface area (Å²) < 4.78 is 5.43. The SMILES string of the molecule is CCOc1ccccc1N=NNc1ccc([N+](=O)[O-])cc1. The number of hydrogen-bond acceptors (Lipinski definition) is 5. The summed E-state index contributed by atoms with van der Waals surface area (Å²) in [7, 11) is 0. The lowest BCUT2D eigenvalue weighted by Gasteiger charge is -2.04. The zero-order valence-electron chi connectivity index (χ0n) is 11.4. The normalized spacial score (nSPS) is 10.5. The number of para-hydroxylation sites is 1. The van der Waals surface area contributed by atoms with Gasteiger partial charge in [-0.2, -0.15) is 0 Å². The summed E-state index contributed by atoms with van der Waals surface area (Å²) in [6.07, 6.45) is 0. The molecule has 2 aromatic carbocycles. The number of ether oxygens (including phenoxy) is 1. The fraction of sp³-hybridized carbons (Fsp3) is 0.143. The first-order valence-corrected chi connectivity index (χ1v) is 6.33. The Bertz CT molecular complexity index is 641. The van der Waals surface area contributed by atoms with E-state index in [4.69, 9.17) is 4.74 Å². The number of nitro benzene ring substituents is 1. The molecule has 0 saturated carbocycles. The van der Waals surface area contributed by atoms with Crippen LogP contribution in [0, 0.1) is 10.1 Å². The van der Waals surface area contributed by atoms with Gasteiger partial charge in [0.2, 0.25) is 0 Å². The van der Waals surface area contributed by atoms with Crippen LogP contribution in [0.2, 0.25) is 0 Å². The summed E-state index contributed by atoms with van der Waals surface area (Å²) in [5.74, 6) is 0.647. The van der Waals surface area contributed by atoms with Gasteiger partial charge in [0, 0.05) is 12.1 Å². The number of non-ortho nitro benzene ring substituents is 1. The third-order valence-corrected chi connectivity index (χ3v) is 2.58. The van der Waals surface area contributed by atoms with E-state index >= 15 is 0 Å².